The Kier molecular flexibility index (Phi) is 4.47. The van der Waals surface area contributed by atoms with Gasteiger partial charge in [0.05, 0.1) is 0 Å². The van der Waals surface area contributed by atoms with Crippen molar-refractivity contribution in [2.75, 3.05) is 31.6 Å². The number of carbonyl (C=O) groups excluding carboxylic acids is 1. The Morgan fingerprint density at radius 3 is 2.79 bits per heavy atom. The van der Waals surface area contributed by atoms with Gasteiger partial charge in [-0.15, -0.1) is 0 Å². The molecule has 1 aliphatic heterocycles. The molecule has 2 N–H and O–H groups in total. The summed E-state index contributed by atoms with van der Waals surface area (Å²) in [6.07, 6.45) is 0.946. The summed E-state index contributed by atoms with van der Waals surface area (Å²) in [4.78, 5) is 15.9. The van der Waals surface area contributed by atoms with E-state index in [2.05, 4.69) is 15.9 Å². The highest BCUT2D eigenvalue weighted by Crippen LogP contribution is 2.27. The van der Waals surface area contributed by atoms with E-state index in [1.807, 2.05) is 37.1 Å². The van der Waals surface area contributed by atoms with Gasteiger partial charge in [0.25, 0.3) is 0 Å². The molecule has 19 heavy (non-hydrogen) atoms. The van der Waals surface area contributed by atoms with Gasteiger partial charge in [-0.1, -0.05) is 22.0 Å². The van der Waals surface area contributed by atoms with Crippen LogP contribution >= 0.6 is 15.9 Å². The third-order valence-corrected chi connectivity index (χ3v) is 4.43. The number of hydrogen-bond acceptors (Lipinski definition) is 2. The number of urea groups is 1. The van der Waals surface area contributed by atoms with E-state index in [1.165, 1.54) is 5.56 Å². The molecular weight excluding hydrogens is 306 g/mol. The highest BCUT2D eigenvalue weighted by atomic mass is 79.9. The molecule has 0 aromatic heterocycles. The fourth-order valence-corrected chi connectivity index (χ4v) is 2.82. The van der Waals surface area contributed by atoms with Gasteiger partial charge in [-0.2, -0.15) is 0 Å². The summed E-state index contributed by atoms with van der Waals surface area (Å²) in [6, 6.07) is 6.09. The van der Waals surface area contributed by atoms with Gasteiger partial charge in [0.1, 0.15) is 0 Å². The van der Waals surface area contributed by atoms with Crippen molar-refractivity contribution in [2.45, 2.75) is 13.3 Å². The van der Waals surface area contributed by atoms with E-state index >= 15 is 0 Å². The first-order valence-electron chi connectivity index (χ1n) is 6.51. The zero-order chi connectivity index (χ0) is 14.0. The van der Waals surface area contributed by atoms with Gasteiger partial charge < -0.3 is 10.6 Å². The van der Waals surface area contributed by atoms with Crippen LogP contribution in [0.25, 0.3) is 0 Å². The van der Waals surface area contributed by atoms with Gasteiger partial charge in [-0.3, -0.25) is 4.90 Å². The number of rotatable bonds is 3. The molecule has 1 saturated heterocycles. The molecule has 0 aliphatic carbocycles. The molecule has 4 nitrogen and oxygen atoms in total. The monoisotopic (exact) mass is 325 g/mol. The molecule has 0 saturated carbocycles. The minimum atomic E-state index is 0.0593. The second kappa shape index (κ2) is 5.92. The van der Waals surface area contributed by atoms with Crippen LogP contribution in [0.1, 0.15) is 12.0 Å². The summed E-state index contributed by atoms with van der Waals surface area (Å²) in [5.74, 6) is 0.438. The van der Waals surface area contributed by atoms with Crippen molar-refractivity contribution in [1.82, 2.24) is 4.90 Å². The van der Waals surface area contributed by atoms with Crippen molar-refractivity contribution < 1.29 is 4.79 Å². The minimum absolute atomic E-state index is 0.0593. The Morgan fingerprint density at radius 1 is 1.42 bits per heavy atom. The number of anilines is 1. The summed E-state index contributed by atoms with van der Waals surface area (Å²) < 4.78 is 1.03. The van der Waals surface area contributed by atoms with Gasteiger partial charge in [0, 0.05) is 30.3 Å². The third-order valence-electron chi connectivity index (χ3n) is 3.57. The maximum absolute atomic E-state index is 12.3. The van der Waals surface area contributed by atoms with Gasteiger partial charge in [0.2, 0.25) is 0 Å². The molecule has 0 spiro atoms. The quantitative estimate of drug-likeness (QED) is 0.928. The summed E-state index contributed by atoms with van der Waals surface area (Å²) in [6.45, 7) is 4.24. The number of amides is 2. The molecule has 1 atom stereocenters. The molecule has 1 aromatic carbocycles. The molecule has 2 amide bonds. The second-order valence-corrected chi connectivity index (χ2v) is 6.00. The van der Waals surface area contributed by atoms with E-state index in [-0.39, 0.29) is 6.03 Å². The number of hydrogen-bond donors (Lipinski definition) is 1. The van der Waals surface area contributed by atoms with E-state index in [0.29, 0.717) is 12.5 Å². The van der Waals surface area contributed by atoms with E-state index in [0.717, 1.165) is 29.7 Å². The number of aryl methyl sites for hydroxylation is 1. The van der Waals surface area contributed by atoms with Crippen molar-refractivity contribution >= 4 is 27.6 Å². The van der Waals surface area contributed by atoms with E-state index in [1.54, 1.807) is 4.90 Å². The first-order chi connectivity index (χ1) is 9.02. The number of benzene rings is 1. The highest BCUT2D eigenvalue weighted by molar-refractivity contribution is 9.10. The molecule has 1 heterocycles. The van der Waals surface area contributed by atoms with Crippen molar-refractivity contribution in [3.05, 3.63) is 28.2 Å². The fraction of sp³-hybridized carbons (Fsp3) is 0.500. The third kappa shape index (κ3) is 3.09. The zero-order valence-corrected chi connectivity index (χ0v) is 13.0. The van der Waals surface area contributed by atoms with Crippen molar-refractivity contribution in [2.24, 2.45) is 11.7 Å². The van der Waals surface area contributed by atoms with Gasteiger partial charge in [0.15, 0.2) is 0 Å². The minimum Gasteiger partial charge on any atom is -0.330 e. The average Bonchev–Trinajstić information content (AvgIpc) is 2.37. The summed E-state index contributed by atoms with van der Waals surface area (Å²) >= 11 is 3.52. The van der Waals surface area contributed by atoms with E-state index < -0.39 is 0 Å². The zero-order valence-electron chi connectivity index (χ0n) is 11.4. The normalized spacial score (nSPS) is 20.0. The van der Waals surface area contributed by atoms with Crippen molar-refractivity contribution in [1.29, 1.82) is 0 Å². The number of nitrogens with two attached hydrogens (primary N) is 1. The van der Waals surface area contributed by atoms with Crippen LogP contribution in [0.3, 0.4) is 0 Å². The predicted octanol–water partition coefficient (Wildman–Crippen LogP) is 2.59. The van der Waals surface area contributed by atoms with Gasteiger partial charge >= 0.3 is 6.03 Å². The molecule has 1 aliphatic rings. The van der Waals surface area contributed by atoms with Crippen LogP contribution in [0, 0.1) is 12.8 Å². The fourth-order valence-electron chi connectivity index (χ4n) is 2.45. The Hall–Kier alpha value is -1.07. The Balaban J connectivity index is 2.24. The lowest BCUT2D eigenvalue weighted by Gasteiger charge is -2.38. The van der Waals surface area contributed by atoms with Gasteiger partial charge in [-0.25, -0.2) is 4.79 Å². The predicted molar refractivity (Wildman–Crippen MR) is 81.4 cm³/mol. The second-order valence-electron chi connectivity index (χ2n) is 5.15. The maximum Gasteiger partial charge on any atom is 0.324 e. The molecule has 2 rings (SSSR count). The summed E-state index contributed by atoms with van der Waals surface area (Å²) in [5.41, 5.74) is 7.75. The largest absolute Gasteiger partial charge is 0.330 e. The number of nitrogens with zero attached hydrogens (tertiary/aromatic N) is 2. The van der Waals surface area contributed by atoms with E-state index in [4.69, 9.17) is 5.73 Å². The van der Waals surface area contributed by atoms with Crippen LogP contribution in [0.4, 0.5) is 10.5 Å². The van der Waals surface area contributed by atoms with Crippen molar-refractivity contribution in [3.8, 4) is 0 Å². The lowest BCUT2D eigenvalue weighted by Crippen LogP contribution is -2.52. The van der Waals surface area contributed by atoms with Crippen LogP contribution in [0.5, 0.6) is 0 Å². The number of halogens is 1. The molecule has 1 aromatic rings. The molecule has 1 unspecified atom stereocenters. The average molecular weight is 326 g/mol. The van der Waals surface area contributed by atoms with Crippen LogP contribution < -0.4 is 10.6 Å². The van der Waals surface area contributed by atoms with Crippen LogP contribution in [0.2, 0.25) is 0 Å². The molecule has 104 valence electrons. The maximum atomic E-state index is 12.3. The van der Waals surface area contributed by atoms with E-state index in [9.17, 15) is 4.79 Å². The van der Waals surface area contributed by atoms with Crippen molar-refractivity contribution in [3.63, 3.8) is 0 Å². The lowest BCUT2D eigenvalue weighted by atomic mass is 10.0. The Labute approximate surface area is 122 Å². The van der Waals surface area contributed by atoms with Crippen LogP contribution in [-0.4, -0.2) is 37.6 Å². The standard InChI is InChI=1S/C14H20BrN3O/c1-10-3-4-12(7-13(10)15)18-9-11(5-6-16)8-17(2)14(18)19/h3-4,7,11H,5-6,8-9,16H2,1-2H3. The molecular formula is C14H20BrN3O. The molecule has 1 fully saturated rings. The molecule has 0 radical (unpaired) electrons. The van der Waals surface area contributed by atoms with Crippen LogP contribution in [-0.2, 0) is 0 Å². The smallest absolute Gasteiger partial charge is 0.324 e. The van der Waals surface area contributed by atoms with Crippen LogP contribution in [0.15, 0.2) is 22.7 Å². The first kappa shape index (κ1) is 14.3. The first-order valence-corrected chi connectivity index (χ1v) is 7.31. The SMILES string of the molecule is Cc1ccc(N2CC(CCN)CN(C)C2=O)cc1Br. The van der Waals surface area contributed by atoms with Gasteiger partial charge in [-0.05, 0) is 43.5 Å². The number of carbonyl (C=O) groups is 1. The highest BCUT2D eigenvalue weighted by Gasteiger charge is 2.30. The molecule has 5 heteroatoms. The summed E-state index contributed by atoms with van der Waals surface area (Å²) in [5, 5.41) is 0. The Bertz CT molecular complexity index is 478. The molecule has 0 bridgehead atoms. The lowest BCUT2D eigenvalue weighted by molar-refractivity contribution is 0.191. The Morgan fingerprint density at radius 2 is 2.16 bits per heavy atom. The summed E-state index contributed by atoms with van der Waals surface area (Å²) in [7, 11) is 1.85. The topological polar surface area (TPSA) is 49.6 Å².